The number of hydrogen-bond donors (Lipinski definition) is 1. The Labute approximate surface area is 287 Å². The van der Waals surface area contributed by atoms with Crippen molar-refractivity contribution in [3.8, 4) is 23.1 Å². The number of halogens is 1. The highest BCUT2D eigenvalue weighted by Crippen LogP contribution is 2.39. The van der Waals surface area contributed by atoms with Gasteiger partial charge in [-0.2, -0.15) is 4.98 Å². The minimum Gasteiger partial charge on any atom is -0.493 e. The summed E-state index contributed by atoms with van der Waals surface area (Å²) < 4.78 is 37.8. The summed E-state index contributed by atoms with van der Waals surface area (Å²) in [5.41, 5.74) is 3.22. The van der Waals surface area contributed by atoms with E-state index in [0.29, 0.717) is 35.2 Å². The number of hydrogen-bond acceptors (Lipinski definition) is 10. The molecule has 1 aliphatic rings. The van der Waals surface area contributed by atoms with Crippen LogP contribution in [0, 0.1) is 19.7 Å². The van der Waals surface area contributed by atoms with Crippen molar-refractivity contribution in [2.24, 2.45) is 0 Å². The molecule has 1 saturated heterocycles. The first kappa shape index (κ1) is 35.4. The highest BCUT2D eigenvalue weighted by Gasteiger charge is 2.28. The lowest BCUT2D eigenvalue weighted by atomic mass is 10.1. The van der Waals surface area contributed by atoms with Crippen molar-refractivity contribution < 1.29 is 28.1 Å². The number of nitrogens with one attached hydrogen (secondary N) is 1. The number of carbonyl (C=O) groups is 1. The average molecular weight is 673 g/mol. The predicted molar refractivity (Wildman–Crippen MR) is 189 cm³/mol. The van der Waals surface area contributed by atoms with Gasteiger partial charge in [0.25, 0.3) is 0 Å². The molecule has 0 atom stereocenters. The first-order valence-corrected chi connectivity index (χ1v) is 16.5. The SMILES string of the molecule is COc1cc(Nc2nccc(OC(=O)N(c3ccc(F)cc3OC(C)C)c3c(C)cccc3C)n2)ccc1OCCCN1CCN(C)CC1. The molecule has 0 unspecified atom stereocenters. The predicted octanol–water partition coefficient (Wildman–Crippen LogP) is 7.13. The number of nitrogens with zero attached hydrogens (tertiary/aromatic N) is 5. The molecule has 5 rings (SSSR count). The van der Waals surface area contributed by atoms with Gasteiger partial charge in [-0.3, -0.25) is 0 Å². The van der Waals surface area contributed by atoms with Crippen LogP contribution in [0.1, 0.15) is 31.4 Å². The highest BCUT2D eigenvalue weighted by molar-refractivity contribution is 6.00. The number of para-hydroxylation sites is 1. The summed E-state index contributed by atoms with van der Waals surface area (Å²) in [6, 6.07) is 16.7. The van der Waals surface area contributed by atoms with Crippen LogP contribution in [0.5, 0.6) is 23.1 Å². The smallest absolute Gasteiger partial charge is 0.425 e. The molecule has 3 aromatic carbocycles. The molecule has 0 radical (unpaired) electrons. The lowest BCUT2D eigenvalue weighted by Gasteiger charge is -2.32. The van der Waals surface area contributed by atoms with Gasteiger partial charge in [-0.15, -0.1) is 0 Å². The molecule has 1 amide bonds. The van der Waals surface area contributed by atoms with Crippen molar-refractivity contribution in [2.75, 3.05) is 63.7 Å². The standard InChI is InChI=1S/C37H45FN6O5/c1-25(2)48-32-23-28(38)11-13-30(32)44(35-26(3)9-7-10-27(35)4)37(45)49-34-15-16-39-36(41-34)40-29-12-14-31(33(24-29)46-6)47-22-8-17-43-20-18-42(5)19-21-43/h7,9-16,23-25H,8,17-22H2,1-6H3,(H,39,40,41). The Hall–Kier alpha value is -4.94. The number of rotatable bonds is 13. The molecule has 2 heterocycles. The van der Waals surface area contributed by atoms with Gasteiger partial charge in [0.05, 0.1) is 31.2 Å². The van der Waals surface area contributed by atoms with Crippen LogP contribution >= 0.6 is 0 Å². The fourth-order valence-electron chi connectivity index (χ4n) is 5.62. The van der Waals surface area contributed by atoms with Crippen molar-refractivity contribution >= 4 is 29.1 Å². The van der Waals surface area contributed by atoms with Gasteiger partial charge in [-0.05, 0) is 76.6 Å². The Balaban J connectivity index is 1.30. The maximum absolute atomic E-state index is 14.4. The van der Waals surface area contributed by atoms with E-state index in [2.05, 4.69) is 32.1 Å². The van der Waals surface area contributed by atoms with E-state index in [1.807, 2.05) is 58.0 Å². The molecule has 0 spiro atoms. The van der Waals surface area contributed by atoms with Crippen LogP contribution in [-0.2, 0) is 0 Å². The largest absolute Gasteiger partial charge is 0.493 e. The minimum atomic E-state index is -0.752. The first-order chi connectivity index (χ1) is 23.6. The van der Waals surface area contributed by atoms with Crippen LogP contribution in [0.4, 0.5) is 32.2 Å². The number of ether oxygens (including phenoxy) is 4. The first-order valence-electron chi connectivity index (χ1n) is 16.5. The van der Waals surface area contributed by atoms with E-state index in [1.165, 1.54) is 35.4 Å². The molecule has 1 fully saturated rings. The van der Waals surface area contributed by atoms with Crippen LogP contribution in [-0.4, -0.2) is 85.5 Å². The van der Waals surface area contributed by atoms with Gasteiger partial charge < -0.3 is 34.1 Å². The van der Waals surface area contributed by atoms with Crippen LogP contribution in [0.15, 0.2) is 66.9 Å². The second-order valence-corrected chi connectivity index (χ2v) is 12.3. The number of aryl methyl sites for hydroxylation is 2. The van der Waals surface area contributed by atoms with E-state index < -0.39 is 11.9 Å². The molecule has 0 bridgehead atoms. The van der Waals surface area contributed by atoms with Gasteiger partial charge >= 0.3 is 6.09 Å². The summed E-state index contributed by atoms with van der Waals surface area (Å²) in [5.74, 6) is 1.14. The van der Waals surface area contributed by atoms with Gasteiger partial charge in [0, 0.05) is 62.8 Å². The zero-order valence-electron chi connectivity index (χ0n) is 29.0. The van der Waals surface area contributed by atoms with E-state index in [1.54, 1.807) is 13.2 Å². The monoisotopic (exact) mass is 672 g/mol. The Bertz CT molecular complexity index is 1710. The summed E-state index contributed by atoms with van der Waals surface area (Å²) >= 11 is 0. The van der Waals surface area contributed by atoms with Crippen molar-refractivity contribution in [2.45, 2.75) is 40.2 Å². The number of amides is 1. The Kier molecular flexibility index (Phi) is 11.9. The van der Waals surface area contributed by atoms with E-state index in [-0.39, 0.29) is 23.7 Å². The normalized spacial score (nSPS) is 13.6. The summed E-state index contributed by atoms with van der Waals surface area (Å²) in [6.45, 7) is 13.4. The Morgan fingerprint density at radius 3 is 2.45 bits per heavy atom. The Morgan fingerprint density at radius 1 is 0.980 bits per heavy atom. The van der Waals surface area contributed by atoms with Crippen LogP contribution in [0.25, 0.3) is 0 Å². The third-order valence-corrected chi connectivity index (χ3v) is 8.08. The molecule has 49 heavy (non-hydrogen) atoms. The van der Waals surface area contributed by atoms with Crippen LogP contribution in [0.3, 0.4) is 0 Å². The van der Waals surface area contributed by atoms with Gasteiger partial charge in [0.2, 0.25) is 11.8 Å². The third kappa shape index (κ3) is 9.36. The number of benzene rings is 3. The summed E-state index contributed by atoms with van der Waals surface area (Å²) in [4.78, 5) is 28.9. The molecule has 0 aliphatic carbocycles. The average Bonchev–Trinajstić information content (AvgIpc) is 3.06. The van der Waals surface area contributed by atoms with Crippen molar-refractivity contribution in [1.29, 1.82) is 0 Å². The molecule has 260 valence electrons. The second kappa shape index (κ2) is 16.4. The fraction of sp³-hybridized carbons (Fsp3) is 0.378. The Morgan fingerprint density at radius 2 is 1.73 bits per heavy atom. The van der Waals surface area contributed by atoms with Crippen molar-refractivity contribution in [3.05, 3.63) is 83.8 Å². The van der Waals surface area contributed by atoms with Gasteiger partial charge in [0.15, 0.2) is 11.5 Å². The molecule has 0 saturated carbocycles. The molecule has 11 nitrogen and oxygen atoms in total. The molecule has 1 aromatic heterocycles. The molecule has 1 N–H and O–H groups in total. The lowest BCUT2D eigenvalue weighted by Crippen LogP contribution is -2.44. The summed E-state index contributed by atoms with van der Waals surface area (Å²) in [6.07, 6.45) is 1.39. The van der Waals surface area contributed by atoms with Gasteiger partial charge in [-0.25, -0.2) is 19.1 Å². The van der Waals surface area contributed by atoms with Gasteiger partial charge in [0.1, 0.15) is 11.6 Å². The molecular weight excluding hydrogens is 627 g/mol. The zero-order chi connectivity index (χ0) is 34.9. The van der Waals surface area contributed by atoms with E-state index in [0.717, 1.165) is 50.3 Å². The van der Waals surface area contributed by atoms with Crippen molar-refractivity contribution in [3.63, 3.8) is 0 Å². The maximum Gasteiger partial charge on any atom is 0.425 e. The minimum absolute atomic E-state index is 0.0134. The van der Waals surface area contributed by atoms with Gasteiger partial charge in [-0.1, -0.05) is 18.2 Å². The van der Waals surface area contributed by atoms with E-state index >= 15 is 0 Å². The maximum atomic E-state index is 14.4. The number of piperazine rings is 1. The zero-order valence-corrected chi connectivity index (χ0v) is 29.0. The van der Waals surface area contributed by atoms with Crippen LogP contribution < -0.4 is 29.2 Å². The number of aromatic nitrogens is 2. The fourth-order valence-corrected chi connectivity index (χ4v) is 5.62. The molecule has 12 heteroatoms. The quantitative estimate of drug-likeness (QED) is 0.148. The number of methoxy groups -OCH3 is 1. The summed E-state index contributed by atoms with van der Waals surface area (Å²) in [5, 5.41) is 3.15. The number of likely N-dealkylation sites (N-methyl/N-ethyl adjacent to an activating group) is 1. The topological polar surface area (TPSA) is 102 Å². The lowest BCUT2D eigenvalue weighted by molar-refractivity contribution is 0.145. The van der Waals surface area contributed by atoms with E-state index in [4.69, 9.17) is 18.9 Å². The molecule has 1 aliphatic heterocycles. The molecular formula is C37H45FN6O5. The van der Waals surface area contributed by atoms with E-state index in [9.17, 15) is 9.18 Å². The second-order valence-electron chi connectivity index (χ2n) is 12.3. The van der Waals surface area contributed by atoms with Crippen LogP contribution in [0.2, 0.25) is 0 Å². The highest BCUT2D eigenvalue weighted by atomic mass is 19.1. The number of anilines is 4. The third-order valence-electron chi connectivity index (χ3n) is 8.08. The molecule has 4 aromatic rings. The number of carbonyl (C=O) groups excluding carboxylic acids is 1. The summed E-state index contributed by atoms with van der Waals surface area (Å²) in [7, 11) is 3.74. The van der Waals surface area contributed by atoms with Crippen molar-refractivity contribution in [1.82, 2.24) is 19.8 Å².